The maximum Gasteiger partial charge on any atom is 0.231 e. The fourth-order valence-corrected chi connectivity index (χ4v) is 4.39. The number of rotatable bonds is 3. The van der Waals surface area contributed by atoms with Crippen molar-refractivity contribution in [2.24, 2.45) is 10.7 Å². The minimum Gasteiger partial charge on any atom is -0.369 e. The van der Waals surface area contributed by atoms with E-state index in [1.54, 1.807) is 18.4 Å². The Bertz CT molecular complexity index is 1010. The van der Waals surface area contributed by atoms with E-state index in [9.17, 15) is 4.79 Å². The lowest BCUT2D eigenvalue weighted by molar-refractivity contribution is -0.128. The van der Waals surface area contributed by atoms with Crippen LogP contribution in [-0.2, 0) is 16.8 Å². The number of thiophene rings is 1. The van der Waals surface area contributed by atoms with Crippen LogP contribution in [0.1, 0.15) is 30.0 Å². The molecule has 4 nitrogen and oxygen atoms in total. The van der Waals surface area contributed by atoms with Gasteiger partial charge in [-0.25, -0.2) is 4.99 Å². The van der Waals surface area contributed by atoms with Gasteiger partial charge in [-0.3, -0.25) is 9.69 Å². The normalized spacial score (nSPS) is 20.5. The van der Waals surface area contributed by atoms with E-state index >= 15 is 0 Å². The zero-order chi connectivity index (χ0) is 18.3. The molecule has 1 aliphatic heterocycles. The van der Waals surface area contributed by atoms with Crippen LogP contribution in [0.4, 0.5) is 0 Å². The summed E-state index contributed by atoms with van der Waals surface area (Å²) >= 11 is 1.75. The van der Waals surface area contributed by atoms with E-state index in [2.05, 4.69) is 52.8 Å². The fourth-order valence-electron chi connectivity index (χ4n) is 3.44. The summed E-state index contributed by atoms with van der Waals surface area (Å²) in [5, 5.41) is 3.46. The summed E-state index contributed by atoms with van der Waals surface area (Å²) in [5.74, 6) is 0.272. The molecule has 26 heavy (non-hydrogen) atoms. The molecule has 1 amide bonds. The van der Waals surface area contributed by atoms with Gasteiger partial charge in [0.25, 0.3) is 0 Å². The Labute approximate surface area is 157 Å². The number of amides is 1. The summed E-state index contributed by atoms with van der Waals surface area (Å²) in [5.41, 5.74) is 8.97. The Morgan fingerprint density at radius 2 is 2.00 bits per heavy atom. The van der Waals surface area contributed by atoms with Crippen LogP contribution >= 0.6 is 11.3 Å². The number of hydrogen-bond acceptors (Lipinski definition) is 4. The second kappa shape index (κ2) is 6.25. The van der Waals surface area contributed by atoms with Crippen LogP contribution < -0.4 is 5.73 Å². The van der Waals surface area contributed by atoms with Crippen LogP contribution in [0.5, 0.6) is 0 Å². The number of carbonyl (C=O) groups is 1. The van der Waals surface area contributed by atoms with Crippen molar-refractivity contribution < 1.29 is 4.79 Å². The molecule has 3 aromatic rings. The topological polar surface area (TPSA) is 58.7 Å². The molecule has 2 heterocycles. The van der Waals surface area contributed by atoms with E-state index < -0.39 is 5.54 Å². The molecule has 5 heteroatoms. The van der Waals surface area contributed by atoms with Crippen LogP contribution in [0.25, 0.3) is 10.1 Å². The first-order valence-electron chi connectivity index (χ1n) is 8.63. The van der Waals surface area contributed by atoms with Gasteiger partial charge in [-0.05, 0) is 52.9 Å². The molecule has 2 aromatic carbocycles. The summed E-state index contributed by atoms with van der Waals surface area (Å²) in [4.78, 5) is 18.3. The number of aliphatic imine (C=N–C) groups is 1. The van der Waals surface area contributed by atoms with E-state index in [-0.39, 0.29) is 11.9 Å². The van der Waals surface area contributed by atoms with Gasteiger partial charge in [0.05, 0.1) is 12.0 Å². The van der Waals surface area contributed by atoms with Crippen molar-refractivity contribution in [2.75, 3.05) is 7.05 Å². The number of benzene rings is 2. The predicted molar refractivity (Wildman–Crippen MR) is 107 cm³/mol. The fraction of sp³-hybridized carbons (Fsp3) is 0.238. The Kier molecular flexibility index (Phi) is 4.04. The maximum absolute atomic E-state index is 12.3. The van der Waals surface area contributed by atoms with Crippen molar-refractivity contribution in [3.05, 3.63) is 70.6 Å². The zero-order valence-electron chi connectivity index (χ0n) is 14.9. The SMILES string of the molecule is CN1C(=O)C[C@@](C)(c2ccc3scc(Cc4ccccc4)c3c2)N=C1N. The van der Waals surface area contributed by atoms with Gasteiger partial charge in [0, 0.05) is 11.7 Å². The molecular weight excluding hydrogens is 342 g/mol. The highest BCUT2D eigenvalue weighted by molar-refractivity contribution is 7.17. The number of carbonyl (C=O) groups excluding carboxylic acids is 1. The summed E-state index contributed by atoms with van der Waals surface area (Å²) in [6, 6.07) is 16.8. The molecule has 0 spiro atoms. The molecule has 0 bridgehead atoms. The molecule has 2 N–H and O–H groups in total. The third kappa shape index (κ3) is 2.88. The average molecular weight is 363 g/mol. The number of fused-ring (bicyclic) bond motifs is 1. The second-order valence-corrected chi connectivity index (χ2v) is 7.92. The van der Waals surface area contributed by atoms with Crippen molar-refractivity contribution in [2.45, 2.75) is 25.3 Å². The summed E-state index contributed by atoms with van der Waals surface area (Å²) < 4.78 is 1.25. The molecule has 0 saturated carbocycles. The summed E-state index contributed by atoms with van der Waals surface area (Å²) in [6.07, 6.45) is 1.22. The first-order valence-corrected chi connectivity index (χ1v) is 9.51. The minimum atomic E-state index is -0.617. The third-order valence-corrected chi connectivity index (χ3v) is 6.10. The number of guanidine groups is 1. The van der Waals surface area contributed by atoms with Gasteiger partial charge >= 0.3 is 0 Å². The molecule has 1 atom stereocenters. The molecule has 0 saturated heterocycles. The van der Waals surface area contributed by atoms with Gasteiger partial charge in [-0.1, -0.05) is 36.4 Å². The molecule has 0 unspecified atom stereocenters. The van der Waals surface area contributed by atoms with E-state index in [1.807, 2.05) is 13.0 Å². The second-order valence-electron chi connectivity index (χ2n) is 7.01. The molecule has 4 rings (SSSR count). The van der Waals surface area contributed by atoms with Crippen LogP contribution in [-0.4, -0.2) is 23.8 Å². The van der Waals surface area contributed by atoms with Gasteiger partial charge in [-0.15, -0.1) is 11.3 Å². The third-order valence-electron chi connectivity index (χ3n) is 5.09. The van der Waals surface area contributed by atoms with E-state index in [0.29, 0.717) is 6.42 Å². The highest BCUT2D eigenvalue weighted by Gasteiger charge is 2.36. The van der Waals surface area contributed by atoms with Crippen LogP contribution in [0.2, 0.25) is 0 Å². The first kappa shape index (κ1) is 16.8. The number of nitrogens with zero attached hydrogens (tertiary/aromatic N) is 2. The number of nitrogens with two attached hydrogens (primary N) is 1. The smallest absolute Gasteiger partial charge is 0.231 e. The lowest BCUT2D eigenvalue weighted by Crippen LogP contribution is -2.47. The van der Waals surface area contributed by atoms with Crippen LogP contribution in [0.3, 0.4) is 0 Å². The van der Waals surface area contributed by atoms with Gasteiger partial charge in [0.15, 0.2) is 5.96 Å². The lowest BCUT2D eigenvalue weighted by Gasteiger charge is -2.33. The van der Waals surface area contributed by atoms with Gasteiger partial charge < -0.3 is 5.73 Å². The molecule has 0 aliphatic carbocycles. The quantitative estimate of drug-likeness (QED) is 0.768. The van der Waals surface area contributed by atoms with E-state index in [1.165, 1.54) is 26.1 Å². The highest BCUT2D eigenvalue weighted by atomic mass is 32.1. The van der Waals surface area contributed by atoms with E-state index in [0.717, 1.165) is 12.0 Å². The maximum atomic E-state index is 12.3. The zero-order valence-corrected chi connectivity index (χ0v) is 15.7. The van der Waals surface area contributed by atoms with Crippen molar-refractivity contribution in [3.63, 3.8) is 0 Å². The lowest BCUT2D eigenvalue weighted by atomic mass is 9.86. The minimum absolute atomic E-state index is 0.00470. The van der Waals surface area contributed by atoms with E-state index in [4.69, 9.17) is 5.73 Å². The standard InChI is InChI=1S/C21H21N3OS/c1-21(12-19(25)24(2)20(22)23-21)16-8-9-18-17(11-16)15(13-26-18)10-14-6-4-3-5-7-14/h3-9,11,13H,10,12H2,1-2H3,(H2,22,23)/t21-/m0/s1. The van der Waals surface area contributed by atoms with Crippen molar-refractivity contribution in [1.29, 1.82) is 0 Å². The molecular formula is C21H21N3OS. The average Bonchev–Trinajstić information content (AvgIpc) is 3.03. The molecule has 0 fully saturated rings. The Balaban J connectivity index is 1.76. The van der Waals surface area contributed by atoms with Crippen LogP contribution in [0.15, 0.2) is 58.9 Å². The van der Waals surface area contributed by atoms with Crippen molar-refractivity contribution in [3.8, 4) is 0 Å². The predicted octanol–water partition coefficient (Wildman–Crippen LogP) is 3.88. The monoisotopic (exact) mass is 363 g/mol. The van der Waals surface area contributed by atoms with Gasteiger partial charge in [-0.2, -0.15) is 0 Å². The Hall–Kier alpha value is -2.66. The Morgan fingerprint density at radius 1 is 1.23 bits per heavy atom. The first-order chi connectivity index (χ1) is 12.5. The molecule has 1 aliphatic rings. The van der Waals surface area contributed by atoms with Gasteiger partial charge in [0.1, 0.15) is 0 Å². The Morgan fingerprint density at radius 3 is 2.73 bits per heavy atom. The summed E-state index contributed by atoms with van der Waals surface area (Å²) in [6.45, 7) is 1.98. The molecule has 1 aromatic heterocycles. The summed E-state index contributed by atoms with van der Waals surface area (Å²) in [7, 11) is 1.67. The van der Waals surface area contributed by atoms with Crippen LogP contribution in [0, 0.1) is 0 Å². The number of hydrogen-bond donors (Lipinski definition) is 1. The largest absolute Gasteiger partial charge is 0.369 e. The molecule has 132 valence electrons. The van der Waals surface area contributed by atoms with Crippen molar-refractivity contribution in [1.82, 2.24) is 4.90 Å². The molecule has 0 radical (unpaired) electrons. The van der Waals surface area contributed by atoms with Gasteiger partial charge in [0.2, 0.25) is 5.91 Å². The highest BCUT2D eigenvalue weighted by Crippen LogP contribution is 2.37. The van der Waals surface area contributed by atoms with Crippen molar-refractivity contribution >= 4 is 33.3 Å².